The van der Waals surface area contributed by atoms with Gasteiger partial charge in [0.15, 0.2) is 0 Å². The third-order valence-corrected chi connectivity index (χ3v) is 3.76. The Kier molecular flexibility index (Phi) is 3.90. The summed E-state index contributed by atoms with van der Waals surface area (Å²) < 4.78 is 0. The largest absolute Gasteiger partial charge is 0.0683 e. The lowest BCUT2D eigenvalue weighted by atomic mass is 9.92. The highest BCUT2D eigenvalue weighted by Gasteiger charge is 2.07. The van der Waals surface area contributed by atoms with Gasteiger partial charge in [-0.15, -0.1) is 0 Å². The first-order chi connectivity index (χ1) is 9.18. The highest BCUT2D eigenvalue weighted by molar-refractivity contribution is 6.10. The molecule has 0 saturated carbocycles. The van der Waals surface area contributed by atoms with Gasteiger partial charge in [-0.3, -0.25) is 0 Å². The van der Waals surface area contributed by atoms with Crippen molar-refractivity contribution in [1.29, 1.82) is 0 Å². The fourth-order valence-corrected chi connectivity index (χ4v) is 2.65. The molecule has 3 rings (SSSR count). The highest BCUT2D eigenvalue weighted by atomic mass is 14.1. The molecule has 0 saturated heterocycles. The number of benzene rings is 3. The van der Waals surface area contributed by atoms with E-state index in [0.29, 0.717) is 0 Å². The number of aryl methyl sites for hydroxylation is 3. The second-order valence-corrected chi connectivity index (χ2v) is 4.84. The summed E-state index contributed by atoms with van der Waals surface area (Å²) in [6.45, 7) is 10.6. The first-order valence-electron chi connectivity index (χ1n) is 7.07. The molecule has 3 aromatic carbocycles. The summed E-state index contributed by atoms with van der Waals surface area (Å²) in [5.41, 5.74) is 4.14. The molecular weight excluding hydrogens is 228 g/mol. The minimum Gasteiger partial charge on any atom is -0.0683 e. The van der Waals surface area contributed by atoms with Gasteiger partial charge in [-0.2, -0.15) is 0 Å². The first kappa shape index (κ1) is 13.6. The van der Waals surface area contributed by atoms with Crippen molar-refractivity contribution in [3.8, 4) is 0 Å². The van der Waals surface area contributed by atoms with Crippen molar-refractivity contribution in [1.82, 2.24) is 0 Å². The molecule has 0 nitrogen and oxygen atoms in total. The lowest BCUT2D eigenvalue weighted by Crippen LogP contribution is -1.88. The maximum absolute atomic E-state index is 2.30. The fourth-order valence-electron chi connectivity index (χ4n) is 2.65. The van der Waals surface area contributed by atoms with Crippen LogP contribution in [0.3, 0.4) is 0 Å². The van der Waals surface area contributed by atoms with Crippen LogP contribution in [0.5, 0.6) is 0 Å². The Morgan fingerprint density at radius 3 is 1.79 bits per heavy atom. The smallest absolute Gasteiger partial charge is 0.0102 e. The Labute approximate surface area is 116 Å². The SMILES string of the molecule is CC.Cc1ccc2c(c1)c(C)c(C)c1ccccc12. The molecule has 98 valence electrons. The van der Waals surface area contributed by atoms with Gasteiger partial charge in [0.1, 0.15) is 0 Å². The van der Waals surface area contributed by atoms with E-state index in [0.717, 1.165) is 0 Å². The van der Waals surface area contributed by atoms with Gasteiger partial charge in [-0.1, -0.05) is 61.9 Å². The summed E-state index contributed by atoms with van der Waals surface area (Å²) in [6, 6.07) is 15.4. The van der Waals surface area contributed by atoms with Gasteiger partial charge in [0.2, 0.25) is 0 Å². The van der Waals surface area contributed by atoms with E-state index < -0.39 is 0 Å². The van der Waals surface area contributed by atoms with Crippen molar-refractivity contribution < 1.29 is 0 Å². The van der Waals surface area contributed by atoms with E-state index in [9.17, 15) is 0 Å². The van der Waals surface area contributed by atoms with Gasteiger partial charge in [0.25, 0.3) is 0 Å². The molecule has 0 aliphatic heterocycles. The minimum atomic E-state index is 1.33. The third kappa shape index (κ3) is 2.23. The second-order valence-electron chi connectivity index (χ2n) is 4.84. The van der Waals surface area contributed by atoms with Crippen molar-refractivity contribution in [2.24, 2.45) is 0 Å². The molecule has 0 unspecified atom stereocenters. The predicted octanol–water partition coefficient (Wildman–Crippen LogP) is 5.94. The monoisotopic (exact) mass is 250 g/mol. The fraction of sp³-hybridized carbons (Fsp3) is 0.263. The van der Waals surface area contributed by atoms with E-state index in [1.807, 2.05) is 13.8 Å². The first-order valence-corrected chi connectivity index (χ1v) is 7.07. The van der Waals surface area contributed by atoms with Crippen LogP contribution in [-0.2, 0) is 0 Å². The summed E-state index contributed by atoms with van der Waals surface area (Å²) >= 11 is 0. The van der Waals surface area contributed by atoms with Crippen molar-refractivity contribution in [2.75, 3.05) is 0 Å². The number of hydrogen-bond donors (Lipinski definition) is 0. The average Bonchev–Trinajstić information content (AvgIpc) is 2.47. The van der Waals surface area contributed by atoms with Gasteiger partial charge in [0.05, 0.1) is 0 Å². The molecule has 0 heterocycles. The predicted molar refractivity (Wildman–Crippen MR) is 87.0 cm³/mol. The molecule has 0 amide bonds. The van der Waals surface area contributed by atoms with Gasteiger partial charge in [-0.25, -0.2) is 0 Å². The number of hydrogen-bond acceptors (Lipinski definition) is 0. The van der Waals surface area contributed by atoms with E-state index in [-0.39, 0.29) is 0 Å². The van der Waals surface area contributed by atoms with Crippen LogP contribution in [0.2, 0.25) is 0 Å². The molecule has 0 bridgehead atoms. The van der Waals surface area contributed by atoms with Crippen LogP contribution in [0.1, 0.15) is 30.5 Å². The Morgan fingerprint density at radius 2 is 1.11 bits per heavy atom. The molecule has 0 aliphatic carbocycles. The van der Waals surface area contributed by atoms with Crippen LogP contribution < -0.4 is 0 Å². The molecule has 0 N–H and O–H groups in total. The van der Waals surface area contributed by atoms with Crippen molar-refractivity contribution in [3.05, 3.63) is 59.2 Å². The molecule has 0 aliphatic rings. The van der Waals surface area contributed by atoms with Crippen molar-refractivity contribution >= 4 is 21.5 Å². The summed E-state index contributed by atoms with van der Waals surface area (Å²) in [5, 5.41) is 5.50. The minimum absolute atomic E-state index is 1.33. The van der Waals surface area contributed by atoms with Crippen LogP contribution in [0.15, 0.2) is 42.5 Å². The van der Waals surface area contributed by atoms with Gasteiger partial charge >= 0.3 is 0 Å². The molecule has 3 aromatic rings. The summed E-state index contributed by atoms with van der Waals surface area (Å²) in [4.78, 5) is 0. The third-order valence-electron chi connectivity index (χ3n) is 3.76. The Hall–Kier alpha value is -1.82. The molecule has 0 radical (unpaired) electrons. The zero-order valence-corrected chi connectivity index (χ0v) is 12.5. The van der Waals surface area contributed by atoms with Gasteiger partial charge in [-0.05, 0) is 53.4 Å². The van der Waals surface area contributed by atoms with E-state index >= 15 is 0 Å². The van der Waals surface area contributed by atoms with E-state index in [4.69, 9.17) is 0 Å². The van der Waals surface area contributed by atoms with E-state index in [1.54, 1.807) is 0 Å². The van der Waals surface area contributed by atoms with Crippen LogP contribution in [0.4, 0.5) is 0 Å². The molecule has 0 heteroatoms. The van der Waals surface area contributed by atoms with E-state index in [1.165, 1.54) is 38.2 Å². The number of rotatable bonds is 0. The van der Waals surface area contributed by atoms with Gasteiger partial charge in [0, 0.05) is 0 Å². The molecule has 19 heavy (non-hydrogen) atoms. The van der Waals surface area contributed by atoms with Crippen molar-refractivity contribution in [3.63, 3.8) is 0 Å². The summed E-state index contributed by atoms with van der Waals surface area (Å²) in [6.07, 6.45) is 0. The molecule has 0 spiro atoms. The summed E-state index contributed by atoms with van der Waals surface area (Å²) in [7, 11) is 0. The molecule has 0 aromatic heterocycles. The van der Waals surface area contributed by atoms with Crippen LogP contribution >= 0.6 is 0 Å². The standard InChI is InChI=1S/C17H16.C2H6/c1-11-8-9-16-15-7-5-4-6-14(15)12(2)13(3)17(16)10-11;1-2/h4-10H,1-3H3;1-2H3. The second kappa shape index (κ2) is 5.44. The van der Waals surface area contributed by atoms with Crippen molar-refractivity contribution in [2.45, 2.75) is 34.6 Å². The Bertz CT molecular complexity index is 721. The lowest BCUT2D eigenvalue weighted by Gasteiger charge is -2.12. The highest BCUT2D eigenvalue weighted by Crippen LogP contribution is 2.32. The maximum Gasteiger partial charge on any atom is -0.0102 e. The van der Waals surface area contributed by atoms with E-state index in [2.05, 4.69) is 63.2 Å². The summed E-state index contributed by atoms with van der Waals surface area (Å²) in [5.74, 6) is 0. The van der Waals surface area contributed by atoms with Crippen LogP contribution in [0, 0.1) is 20.8 Å². The zero-order valence-electron chi connectivity index (χ0n) is 12.5. The molecular formula is C19H22. The van der Waals surface area contributed by atoms with Gasteiger partial charge < -0.3 is 0 Å². The molecule has 0 fully saturated rings. The zero-order chi connectivity index (χ0) is 14.0. The maximum atomic E-state index is 2.30. The Morgan fingerprint density at radius 1 is 0.579 bits per heavy atom. The quantitative estimate of drug-likeness (QED) is 0.433. The topological polar surface area (TPSA) is 0 Å². The van der Waals surface area contributed by atoms with Crippen LogP contribution in [0.25, 0.3) is 21.5 Å². The molecule has 0 atom stereocenters. The average molecular weight is 250 g/mol. The lowest BCUT2D eigenvalue weighted by molar-refractivity contribution is 1.40. The number of fused-ring (bicyclic) bond motifs is 3. The normalized spacial score (nSPS) is 10.4. The Balaban J connectivity index is 0.000000637. The van der Waals surface area contributed by atoms with Crippen LogP contribution in [-0.4, -0.2) is 0 Å².